The molecule has 158 valence electrons. The third-order valence-corrected chi connectivity index (χ3v) is 5.50. The number of aromatic carboxylic acids is 1. The first-order chi connectivity index (χ1) is 15.6. The maximum absolute atomic E-state index is 13.3. The van der Waals surface area contributed by atoms with Crippen LogP contribution >= 0.6 is 0 Å². The zero-order chi connectivity index (χ0) is 22.1. The van der Waals surface area contributed by atoms with Gasteiger partial charge in [0.15, 0.2) is 5.69 Å². The summed E-state index contributed by atoms with van der Waals surface area (Å²) in [4.78, 5) is 11.7. The van der Waals surface area contributed by atoms with E-state index in [2.05, 4.69) is 9.67 Å². The Morgan fingerprint density at radius 2 is 1.56 bits per heavy atom. The Hall–Kier alpha value is -4.19. The van der Waals surface area contributed by atoms with E-state index in [4.69, 9.17) is 0 Å². The monoisotopic (exact) mass is 425 g/mol. The Morgan fingerprint density at radius 3 is 2.31 bits per heavy atom. The molecule has 0 bridgehead atoms. The summed E-state index contributed by atoms with van der Waals surface area (Å²) in [5.41, 5.74) is 4.66. The van der Waals surface area contributed by atoms with Gasteiger partial charge in [-0.05, 0) is 35.4 Å². The highest BCUT2D eigenvalue weighted by Gasteiger charge is 2.19. The van der Waals surface area contributed by atoms with Gasteiger partial charge < -0.3 is 9.67 Å². The van der Waals surface area contributed by atoms with Gasteiger partial charge in [-0.25, -0.2) is 9.18 Å². The van der Waals surface area contributed by atoms with Crippen molar-refractivity contribution in [1.82, 2.24) is 14.3 Å². The summed E-state index contributed by atoms with van der Waals surface area (Å²) >= 11 is 0. The lowest BCUT2D eigenvalue weighted by atomic mass is 10.1. The fourth-order valence-electron chi connectivity index (χ4n) is 3.98. The Kier molecular flexibility index (Phi) is 5.03. The van der Waals surface area contributed by atoms with E-state index in [9.17, 15) is 14.3 Å². The van der Waals surface area contributed by atoms with Crippen molar-refractivity contribution in [2.75, 3.05) is 0 Å². The highest BCUT2D eigenvalue weighted by molar-refractivity contribution is 5.96. The van der Waals surface area contributed by atoms with Crippen LogP contribution in [0.2, 0.25) is 0 Å². The average molecular weight is 425 g/mol. The van der Waals surface area contributed by atoms with Crippen LogP contribution in [0.4, 0.5) is 4.39 Å². The fourth-order valence-corrected chi connectivity index (χ4v) is 3.98. The number of hydrogen-bond acceptors (Lipinski definition) is 2. The molecule has 0 saturated carbocycles. The number of fused-ring (bicyclic) bond motifs is 1. The van der Waals surface area contributed by atoms with Gasteiger partial charge >= 0.3 is 5.97 Å². The van der Waals surface area contributed by atoms with Crippen molar-refractivity contribution < 1.29 is 14.3 Å². The maximum Gasteiger partial charge on any atom is 0.356 e. The van der Waals surface area contributed by atoms with Gasteiger partial charge in [0.2, 0.25) is 0 Å². The van der Waals surface area contributed by atoms with E-state index < -0.39 is 5.97 Å². The molecule has 0 spiro atoms. The summed E-state index contributed by atoms with van der Waals surface area (Å²) in [5, 5.41) is 14.9. The van der Waals surface area contributed by atoms with E-state index in [0.29, 0.717) is 13.1 Å². The molecule has 0 fully saturated rings. The van der Waals surface area contributed by atoms with Crippen LogP contribution in [0.1, 0.15) is 21.6 Å². The molecule has 6 heteroatoms. The lowest BCUT2D eigenvalue weighted by Gasteiger charge is -2.07. The molecular weight excluding hydrogens is 405 g/mol. The zero-order valence-corrected chi connectivity index (χ0v) is 17.1. The van der Waals surface area contributed by atoms with Gasteiger partial charge in [-0.2, -0.15) is 5.10 Å². The summed E-state index contributed by atoms with van der Waals surface area (Å²) < 4.78 is 17.2. The number of hydrogen-bond donors (Lipinski definition) is 1. The number of para-hydroxylation sites is 1. The average Bonchev–Trinajstić information content (AvgIpc) is 3.38. The van der Waals surface area contributed by atoms with Crippen molar-refractivity contribution in [1.29, 1.82) is 0 Å². The van der Waals surface area contributed by atoms with Crippen LogP contribution in [0.15, 0.2) is 91.1 Å². The lowest BCUT2D eigenvalue weighted by molar-refractivity contribution is 0.0689. The topological polar surface area (TPSA) is 60.0 Å². The summed E-state index contributed by atoms with van der Waals surface area (Å²) in [6, 6.07) is 25.9. The van der Waals surface area contributed by atoms with Crippen LogP contribution in [0.5, 0.6) is 0 Å². The van der Waals surface area contributed by atoms with E-state index in [0.717, 1.165) is 33.3 Å². The molecule has 0 aliphatic rings. The Morgan fingerprint density at radius 1 is 0.875 bits per heavy atom. The van der Waals surface area contributed by atoms with Crippen LogP contribution in [0, 0.1) is 5.82 Å². The minimum atomic E-state index is -1.06. The van der Waals surface area contributed by atoms with E-state index in [1.54, 1.807) is 22.9 Å². The van der Waals surface area contributed by atoms with Crippen molar-refractivity contribution >= 4 is 16.9 Å². The van der Waals surface area contributed by atoms with Crippen LogP contribution in [-0.4, -0.2) is 25.4 Å². The van der Waals surface area contributed by atoms with E-state index >= 15 is 0 Å². The van der Waals surface area contributed by atoms with Gasteiger partial charge in [0.25, 0.3) is 0 Å². The van der Waals surface area contributed by atoms with Gasteiger partial charge in [0.1, 0.15) is 5.82 Å². The normalized spacial score (nSPS) is 11.2. The van der Waals surface area contributed by atoms with Crippen LogP contribution in [0.25, 0.3) is 22.2 Å². The van der Waals surface area contributed by atoms with Gasteiger partial charge in [-0.15, -0.1) is 0 Å². The molecule has 1 N–H and O–H groups in total. The molecule has 5 rings (SSSR count). The molecule has 2 heterocycles. The molecule has 0 atom stereocenters. The number of nitrogens with zero attached hydrogens (tertiary/aromatic N) is 3. The number of rotatable bonds is 6. The SMILES string of the molecule is O=C(O)c1cc(-c2cn(Cc3ccc(F)cc3)c3ccccc23)n(Cc2ccccc2)n1. The number of halogens is 1. The predicted molar refractivity (Wildman–Crippen MR) is 121 cm³/mol. The summed E-state index contributed by atoms with van der Waals surface area (Å²) in [6.45, 7) is 1.03. The molecule has 32 heavy (non-hydrogen) atoms. The molecule has 3 aromatic carbocycles. The van der Waals surface area contributed by atoms with Crippen molar-refractivity contribution in [3.8, 4) is 11.3 Å². The van der Waals surface area contributed by atoms with Gasteiger partial charge in [0, 0.05) is 29.2 Å². The van der Waals surface area contributed by atoms with Crippen molar-refractivity contribution in [2.45, 2.75) is 13.1 Å². The number of carboxylic acids is 1. The Bertz CT molecular complexity index is 1400. The van der Waals surface area contributed by atoms with E-state index in [1.165, 1.54) is 12.1 Å². The first kappa shape index (κ1) is 19.8. The molecule has 0 aliphatic carbocycles. The molecule has 2 aromatic heterocycles. The number of aromatic nitrogens is 3. The Balaban J connectivity index is 1.63. The molecular formula is C26H20FN3O2. The van der Waals surface area contributed by atoms with Crippen LogP contribution < -0.4 is 0 Å². The Labute approximate surface area is 184 Å². The minimum Gasteiger partial charge on any atom is -0.476 e. The lowest BCUT2D eigenvalue weighted by Crippen LogP contribution is -2.05. The van der Waals surface area contributed by atoms with E-state index in [1.807, 2.05) is 60.8 Å². The quantitative estimate of drug-likeness (QED) is 0.394. The first-order valence-electron chi connectivity index (χ1n) is 10.3. The molecule has 0 amide bonds. The fraction of sp³-hybridized carbons (Fsp3) is 0.0769. The second kappa shape index (κ2) is 8.15. The number of benzene rings is 3. The molecule has 5 nitrogen and oxygen atoms in total. The smallest absolute Gasteiger partial charge is 0.356 e. The highest BCUT2D eigenvalue weighted by Crippen LogP contribution is 2.32. The first-order valence-corrected chi connectivity index (χ1v) is 10.3. The van der Waals surface area contributed by atoms with Gasteiger partial charge in [0.05, 0.1) is 12.2 Å². The second-order valence-electron chi connectivity index (χ2n) is 7.68. The molecule has 5 aromatic rings. The standard InChI is InChI=1S/C26H20FN3O2/c27-20-12-10-19(11-13-20)15-29-17-22(21-8-4-5-9-24(21)29)25-14-23(26(31)32)28-30(25)16-18-6-2-1-3-7-18/h1-14,17H,15-16H2,(H,31,32). The van der Waals surface area contributed by atoms with Crippen LogP contribution in [-0.2, 0) is 13.1 Å². The third kappa shape index (κ3) is 3.78. The number of carboxylic acid groups (broad SMARTS) is 1. The predicted octanol–water partition coefficient (Wildman–Crippen LogP) is 5.44. The van der Waals surface area contributed by atoms with Gasteiger partial charge in [-0.3, -0.25) is 4.68 Å². The largest absolute Gasteiger partial charge is 0.476 e. The molecule has 0 unspecified atom stereocenters. The number of carbonyl (C=O) groups is 1. The highest BCUT2D eigenvalue weighted by atomic mass is 19.1. The van der Waals surface area contributed by atoms with E-state index in [-0.39, 0.29) is 11.5 Å². The summed E-state index contributed by atoms with van der Waals surface area (Å²) in [6.07, 6.45) is 2.01. The molecule has 0 radical (unpaired) electrons. The summed E-state index contributed by atoms with van der Waals surface area (Å²) in [7, 11) is 0. The minimum absolute atomic E-state index is 0.00583. The summed E-state index contributed by atoms with van der Waals surface area (Å²) in [5.74, 6) is -1.33. The van der Waals surface area contributed by atoms with Crippen molar-refractivity contribution in [3.05, 3.63) is 114 Å². The zero-order valence-electron chi connectivity index (χ0n) is 17.1. The van der Waals surface area contributed by atoms with Crippen molar-refractivity contribution in [2.24, 2.45) is 0 Å². The second-order valence-corrected chi connectivity index (χ2v) is 7.68. The van der Waals surface area contributed by atoms with Crippen molar-refractivity contribution in [3.63, 3.8) is 0 Å². The third-order valence-electron chi connectivity index (χ3n) is 5.50. The molecule has 0 aliphatic heterocycles. The van der Waals surface area contributed by atoms with Gasteiger partial charge in [-0.1, -0.05) is 60.7 Å². The van der Waals surface area contributed by atoms with Crippen LogP contribution in [0.3, 0.4) is 0 Å². The molecule has 0 saturated heterocycles. The maximum atomic E-state index is 13.3.